The Labute approximate surface area is 121 Å². The second-order valence-corrected chi connectivity index (χ2v) is 5.50. The number of nitrogens with one attached hydrogen (secondary N) is 1. The number of hydrogen-bond acceptors (Lipinski definition) is 5. The number of carbonyl (C=O) groups excluding carboxylic acids is 1. The second kappa shape index (κ2) is 5.50. The number of benzene rings is 1. The van der Waals surface area contributed by atoms with Gasteiger partial charge in [0, 0.05) is 22.4 Å². The van der Waals surface area contributed by atoms with Crippen molar-refractivity contribution in [3.05, 3.63) is 40.3 Å². The first-order valence-corrected chi connectivity index (χ1v) is 7.29. The Balaban J connectivity index is 1.69. The Bertz CT molecular complexity index is 626. The summed E-state index contributed by atoms with van der Waals surface area (Å²) in [6.45, 7) is 3.73. The molecule has 0 atom stereocenters. The molecule has 0 unspecified atom stereocenters. The summed E-state index contributed by atoms with van der Waals surface area (Å²) < 4.78 is 4.95. The minimum absolute atomic E-state index is 0.280. The van der Waals surface area contributed by atoms with E-state index in [-0.39, 0.29) is 6.09 Å². The van der Waals surface area contributed by atoms with Crippen LogP contribution in [0.2, 0.25) is 0 Å². The quantitative estimate of drug-likeness (QED) is 0.940. The Morgan fingerprint density at radius 3 is 3.10 bits per heavy atom. The SMILES string of the molecule is Cc1csc(CNc2cccc(N3CCOC3=O)c2)n1. The zero-order valence-electron chi connectivity index (χ0n) is 11.1. The molecule has 0 aliphatic carbocycles. The van der Waals surface area contributed by atoms with Crippen molar-refractivity contribution in [3.63, 3.8) is 0 Å². The fourth-order valence-electron chi connectivity index (χ4n) is 2.07. The molecular weight excluding hydrogens is 274 g/mol. The lowest BCUT2D eigenvalue weighted by Gasteiger charge is -2.14. The summed E-state index contributed by atoms with van der Waals surface area (Å²) in [5.74, 6) is 0. The number of rotatable bonds is 4. The molecule has 1 fully saturated rings. The van der Waals surface area contributed by atoms with Crippen molar-refractivity contribution in [2.75, 3.05) is 23.4 Å². The molecule has 2 heterocycles. The summed E-state index contributed by atoms with van der Waals surface area (Å²) in [6, 6.07) is 7.76. The van der Waals surface area contributed by atoms with Gasteiger partial charge in [-0.2, -0.15) is 0 Å². The number of aromatic nitrogens is 1. The van der Waals surface area contributed by atoms with Gasteiger partial charge in [0.2, 0.25) is 0 Å². The van der Waals surface area contributed by atoms with Crippen LogP contribution in [0.5, 0.6) is 0 Å². The number of nitrogens with zero attached hydrogens (tertiary/aromatic N) is 2. The first-order valence-electron chi connectivity index (χ1n) is 6.41. The van der Waals surface area contributed by atoms with E-state index in [4.69, 9.17) is 4.74 Å². The third-order valence-electron chi connectivity index (χ3n) is 3.03. The molecule has 1 N–H and O–H groups in total. The van der Waals surface area contributed by atoms with E-state index in [2.05, 4.69) is 10.3 Å². The predicted octanol–water partition coefficient (Wildman–Crippen LogP) is 3.02. The molecule has 0 saturated carbocycles. The second-order valence-electron chi connectivity index (χ2n) is 4.55. The van der Waals surface area contributed by atoms with Crippen molar-refractivity contribution in [1.82, 2.24) is 4.98 Å². The van der Waals surface area contributed by atoms with E-state index in [1.807, 2.05) is 36.6 Å². The van der Waals surface area contributed by atoms with Gasteiger partial charge in [0.1, 0.15) is 11.6 Å². The molecule has 2 aromatic rings. The first kappa shape index (κ1) is 12.9. The number of amides is 1. The maximum Gasteiger partial charge on any atom is 0.414 e. The number of carbonyl (C=O) groups is 1. The summed E-state index contributed by atoms with van der Waals surface area (Å²) in [7, 11) is 0. The molecule has 1 amide bonds. The Hall–Kier alpha value is -2.08. The molecule has 1 aliphatic rings. The zero-order valence-corrected chi connectivity index (χ0v) is 11.9. The molecule has 6 heteroatoms. The minimum Gasteiger partial charge on any atom is -0.447 e. The Kier molecular flexibility index (Phi) is 3.56. The molecule has 1 aromatic heterocycles. The van der Waals surface area contributed by atoms with E-state index in [0.717, 1.165) is 22.1 Å². The maximum atomic E-state index is 11.5. The van der Waals surface area contributed by atoms with Crippen LogP contribution in [0.4, 0.5) is 16.2 Å². The molecular formula is C14H15N3O2S. The third kappa shape index (κ3) is 2.75. The van der Waals surface area contributed by atoms with Crippen LogP contribution in [0, 0.1) is 6.92 Å². The van der Waals surface area contributed by atoms with Crippen LogP contribution < -0.4 is 10.2 Å². The molecule has 0 radical (unpaired) electrons. The van der Waals surface area contributed by atoms with E-state index < -0.39 is 0 Å². The van der Waals surface area contributed by atoms with Crippen LogP contribution in [0.15, 0.2) is 29.6 Å². The van der Waals surface area contributed by atoms with Gasteiger partial charge in [-0.05, 0) is 25.1 Å². The number of anilines is 2. The average Bonchev–Trinajstić information content (AvgIpc) is 3.05. The smallest absolute Gasteiger partial charge is 0.414 e. The Morgan fingerprint density at radius 2 is 2.40 bits per heavy atom. The van der Waals surface area contributed by atoms with Gasteiger partial charge in [-0.1, -0.05) is 6.07 Å². The van der Waals surface area contributed by atoms with Crippen LogP contribution in [0.25, 0.3) is 0 Å². The lowest BCUT2D eigenvalue weighted by molar-refractivity contribution is 0.181. The van der Waals surface area contributed by atoms with E-state index in [1.165, 1.54) is 0 Å². The van der Waals surface area contributed by atoms with Crippen LogP contribution in [-0.2, 0) is 11.3 Å². The predicted molar refractivity (Wildman–Crippen MR) is 79.3 cm³/mol. The van der Waals surface area contributed by atoms with Gasteiger partial charge in [-0.3, -0.25) is 4.90 Å². The molecule has 5 nitrogen and oxygen atoms in total. The van der Waals surface area contributed by atoms with E-state index in [9.17, 15) is 4.79 Å². The standard InChI is InChI=1S/C14H15N3O2S/c1-10-9-20-13(16-10)8-15-11-3-2-4-12(7-11)17-5-6-19-14(17)18/h2-4,7,9,15H,5-6,8H2,1H3. The van der Waals surface area contributed by atoms with Crippen molar-refractivity contribution < 1.29 is 9.53 Å². The lowest BCUT2D eigenvalue weighted by atomic mass is 10.2. The molecule has 1 aliphatic heterocycles. The van der Waals surface area contributed by atoms with Crippen LogP contribution in [0.1, 0.15) is 10.7 Å². The highest BCUT2D eigenvalue weighted by molar-refractivity contribution is 7.09. The molecule has 104 valence electrons. The highest BCUT2D eigenvalue weighted by Crippen LogP contribution is 2.23. The highest BCUT2D eigenvalue weighted by Gasteiger charge is 2.23. The van der Waals surface area contributed by atoms with E-state index in [1.54, 1.807) is 16.2 Å². The van der Waals surface area contributed by atoms with Crippen LogP contribution in [-0.4, -0.2) is 24.2 Å². The van der Waals surface area contributed by atoms with Crippen molar-refractivity contribution in [2.45, 2.75) is 13.5 Å². The third-order valence-corrected chi connectivity index (χ3v) is 4.00. The van der Waals surface area contributed by atoms with E-state index >= 15 is 0 Å². The monoisotopic (exact) mass is 289 g/mol. The molecule has 0 bridgehead atoms. The highest BCUT2D eigenvalue weighted by atomic mass is 32.1. The van der Waals surface area contributed by atoms with Gasteiger partial charge in [0.25, 0.3) is 0 Å². The van der Waals surface area contributed by atoms with Gasteiger partial charge in [0.05, 0.1) is 13.1 Å². The largest absolute Gasteiger partial charge is 0.447 e. The van der Waals surface area contributed by atoms with Gasteiger partial charge < -0.3 is 10.1 Å². The number of thiazole rings is 1. The van der Waals surface area contributed by atoms with Gasteiger partial charge in [-0.15, -0.1) is 11.3 Å². The fraction of sp³-hybridized carbons (Fsp3) is 0.286. The van der Waals surface area contributed by atoms with Gasteiger partial charge >= 0.3 is 6.09 Å². The molecule has 20 heavy (non-hydrogen) atoms. The molecule has 3 rings (SSSR count). The Morgan fingerprint density at radius 1 is 1.50 bits per heavy atom. The summed E-state index contributed by atoms with van der Waals surface area (Å²) in [5.41, 5.74) is 2.86. The number of ether oxygens (including phenoxy) is 1. The van der Waals surface area contributed by atoms with Crippen LogP contribution >= 0.6 is 11.3 Å². The summed E-state index contributed by atoms with van der Waals surface area (Å²) in [5, 5.41) is 6.41. The van der Waals surface area contributed by atoms with Crippen molar-refractivity contribution in [1.29, 1.82) is 0 Å². The number of aryl methyl sites for hydroxylation is 1. The van der Waals surface area contributed by atoms with Gasteiger partial charge in [-0.25, -0.2) is 9.78 Å². The lowest BCUT2D eigenvalue weighted by Crippen LogP contribution is -2.23. The average molecular weight is 289 g/mol. The minimum atomic E-state index is -0.280. The molecule has 1 aromatic carbocycles. The fourth-order valence-corrected chi connectivity index (χ4v) is 2.78. The number of cyclic esters (lactones) is 1. The summed E-state index contributed by atoms with van der Waals surface area (Å²) in [4.78, 5) is 17.6. The van der Waals surface area contributed by atoms with E-state index in [0.29, 0.717) is 19.7 Å². The number of hydrogen-bond donors (Lipinski definition) is 1. The molecule has 1 saturated heterocycles. The molecule has 0 spiro atoms. The maximum absolute atomic E-state index is 11.5. The zero-order chi connectivity index (χ0) is 13.9. The van der Waals surface area contributed by atoms with Crippen molar-refractivity contribution in [2.24, 2.45) is 0 Å². The summed E-state index contributed by atoms with van der Waals surface area (Å²) in [6.07, 6.45) is -0.280. The van der Waals surface area contributed by atoms with Crippen molar-refractivity contribution >= 4 is 28.8 Å². The normalized spacial score (nSPS) is 14.4. The van der Waals surface area contributed by atoms with Crippen molar-refractivity contribution in [3.8, 4) is 0 Å². The van der Waals surface area contributed by atoms with Gasteiger partial charge in [0.15, 0.2) is 0 Å². The topological polar surface area (TPSA) is 54.5 Å². The first-order chi connectivity index (χ1) is 9.72. The van der Waals surface area contributed by atoms with Crippen LogP contribution in [0.3, 0.4) is 0 Å². The summed E-state index contributed by atoms with van der Waals surface area (Å²) >= 11 is 1.64.